The average molecular weight is 598 g/mol. The van der Waals surface area contributed by atoms with Crippen molar-refractivity contribution in [3.63, 3.8) is 0 Å². The van der Waals surface area contributed by atoms with E-state index in [0.29, 0.717) is 5.56 Å². The number of nitrogens with one attached hydrogen (secondary N) is 4. The minimum atomic E-state index is -1.90. The van der Waals surface area contributed by atoms with Crippen LogP contribution in [0.25, 0.3) is 10.9 Å². The van der Waals surface area contributed by atoms with Gasteiger partial charge in [-0.1, -0.05) is 30.3 Å². The Balaban J connectivity index is 1.80. The maximum atomic E-state index is 13.4. The number of aromatic amines is 1. The van der Waals surface area contributed by atoms with Gasteiger partial charge in [0.15, 0.2) is 0 Å². The average Bonchev–Trinajstić information content (AvgIpc) is 3.35. The van der Waals surface area contributed by atoms with Crippen LogP contribution < -0.4 is 21.7 Å². The van der Waals surface area contributed by atoms with Crippen molar-refractivity contribution < 1.29 is 49.2 Å². The van der Waals surface area contributed by atoms with E-state index in [4.69, 9.17) is 10.8 Å². The molecule has 15 heteroatoms. The highest BCUT2D eigenvalue weighted by Crippen LogP contribution is 2.19. The second-order valence-corrected chi connectivity index (χ2v) is 9.76. The second kappa shape index (κ2) is 14.5. The van der Waals surface area contributed by atoms with Crippen LogP contribution in [0.3, 0.4) is 0 Å². The number of carboxylic acid groups (broad SMARTS) is 3. The monoisotopic (exact) mass is 597 g/mol. The van der Waals surface area contributed by atoms with Gasteiger partial charge in [0, 0.05) is 23.5 Å². The standard InChI is InChI=1S/C28H31N5O10/c29-18(10-15-13-30-19-4-2-1-3-17(15)19)25(39)31-20(9-14-5-7-16(34)8-6-14)26(40)32-21(11-23(35)36)27(41)33-22(28(42)43)12-24(37)38/h1-8,13,18,20-22,30,34H,9-12,29H2,(H,31,39)(H,32,40)(H,33,41)(H,35,36)(H,37,38)(H,42,43). The number of nitrogens with two attached hydrogens (primary N) is 1. The van der Waals surface area contributed by atoms with Gasteiger partial charge in [0.1, 0.15) is 23.9 Å². The number of phenolic OH excluding ortho intramolecular Hbond substituents is 1. The fourth-order valence-corrected chi connectivity index (χ4v) is 4.29. The predicted molar refractivity (Wildman–Crippen MR) is 150 cm³/mol. The molecular formula is C28H31N5O10. The number of hydrogen-bond donors (Lipinski definition) is 9. The molecule has 3 aromatic rings. The number of para-hydroxylation sites is 1. The number of amides is 3. The van der Waals surface area contributed by atoms with E-state index in [2.05, 4.69) is 15.6 Å². The molecule has 4 atom stereocenters. The quantitative estimate of drug-likeness (QED) is 0.108. The van der Waals surface area contributed by atoms with Gasteiger partial charge in [0.2, 0.25) is 17.7 Å². The van der Waals surface area contributed by atoms with Crippen molar-refractivity contribution in [2.45, 2.75) is 49.9 Å². The first kappa shape index (κ1) is 32.1. The zero-order chi connectivity index (χ0) is 31.7. The molecule has 4 unspecified atom stereocenters. The predicted octanol–water partition coefficient (Wildman–Crippen LogP) is -0.526. The van der Waals surface area contributed by atoms with Crippen molar-refractivity contribution in [3.8, 4) is 5.75 Å². The van der Waals surface area contributed by atoms with E-state index >= 15 is 0 Å². The molecule has 1 heterocycles. The summed E-state index contributed by atoms with van der Waals surface area (Å²) in [7, 11) is 0. The molecule has 0 saturated heterocycles. The lowest BCUT2D eigenvalue weighted by Crippen LogP contribution is -2.58. The molecule has 0 aliphatic rings. The Kier molecular flexibility index (Phi) is 10.8. The van der Waals surface area contributed by atoms with Crippen LogP contribution in [0.4, 0.5) is 0 Å². The van der Waals surface area contributed by atoms with Gasteiger partial charge in [-0.3, -0.25) is 24.0 Å². The van der Waals surface area contributed by atoms with Gasteiger partial charge in [-0.2, -0.15) is 0 Å². The number of H-pyrrole nitrogens is 1. The van der Waals surface area contributed by atoms with E-state index in [0.717, 1.165) is 16.5 Å². The summed E-state index contributed by atoms with van der Waals surface area (Å²) in [5, 5.41) is 44.5. The number of carbonyl (C=O) groups excluding carboxylic acids is 3. The van der Waals surface area contributed by atoms with Crippen molar-refractivity contribution in [2.75, 3.05) is 0 Å². The Bertz CT molecular complexity index is 1500. The first-order valence-electron chi connectivity index (χ1n) is 13.0. The Morgan fingerprint density at radius 3 is 1.91 bits per heavy atom. The number of rotatable bonds is 15. The summed E-state index contributed by atoms with van der Waals surface area (Å²) in [5.41, 5.74) is 8.24. The van der Waals surface area contributed by atoms with Crippen LogP contribution in [0, 0.1) is 0 Å². The number of hydrogen-bond acceptors (Lipinski definition) is 8. The van der Waals surface area contributed by atoms with Gasteiger partial charge in [0.05, 0.1) is 18.9 Å². The van der Waals surface area contributed by atoms with Gasteiger partial charge < -0.3 is 47.1 Å². The summed E-state index contributed by atoms with van der Waals surface area (Å²) in [6, 6.07) is 6.83. The molecule has 228 valence electrons. The first-order chi connectivity index (χ1) is 20.3. The first-order valence-corrected chi connectivity index (χ1v) is 13.0. The number of aromatic hydroxyl groups is 1. The van der Waals surface area contributed by atoms with Gasteiger partial charge in [-0.15, -0.1) is 0 Å². The highest BCUT2D eigenvalue weighted by molar-refractivity contribution is 5.96. The number of carbonyl (C=O) groups is 6. The van der Waals surface area contributed by atoms with Gasteiger partial charge in [-0.25, -0.2) is 4.79 Å². The number of carboxylic acids is 3. The molecule has 0 aliphatic carbocycles. The van der Waals surface area contributed by atoms with Gasteiger partial charge in [-0.05, 0) is 35.7 Å². The molecule has 0 spiro atoms. The molecule has 43 heavy (non-hydrogen) atoms. The number of benzene rings is 2. The number of phenols is 1. The largest absolute Gasteiger partial charge is 0.508 e. The van der Waals surface area contributed by atoms with E-state index < -0.39 is 72.6 Å². The fourth-order valence-electron chi connectivity index (χ4n) is 4.29. The van der Waals surface area contributed by atoms with E-state index in [1.54, 1.807) is 6.20 Å². The fraction of sp³-hybridized carbons (Fsp3) is 0.286. The van der Waals surface area contributed by atoms with Crippen molar-refractivity contribution in [2.24, 2.45) is 5.73 Å². The third-order valence-corrected chi connectivity index (χ3v) is 6.47. The lowest BCUT2D eigenvalue weighted by molar-refractivity contribution is -0.148. The molecule has 0 saturated carbocycles. The smallest absolute Gasteiger partial charge is 0.326 e. The van der Waals surface area contributed by atoms with Crippen LogP contribution in [-0.4, -0.2) is 85.2 Å². The minimum absolute atomic E-state index is 0.0536. The third-order valence-electron chi connectivity index (χ3n) is 6.47. The molecule has 10 N–H and O–H groups in total. The molecule has 3 rings (SSSR count). The zero-order valence-electron chi connectivity index (χ0n) is 22.6. The van der Waals surface area contributed by atoms with Gasteiger partial charge in [0.25, 0.3) is 0 Å². The Hall–Kier alpha value is -5.44. The molecule has 0 bridgehead atoms. The van der Waals surface area contributed by atoms with Crippen molar-refractivity contribution in [1.82, 2.24) is 20.9 Å². The summed E-state index contributed by atoms with van der Waals surface area (Å²) < 4.78 is 0. The van der Waals surface area contributed by atoms with Crippen molar-refractivity contribution >= 4 is 46.5 Å². The SMILES string of the molecule is NC(Cc1c[nH]c2ccccc12)C(=O)NC(Cc1ccc(O)cc1)C(=O)NC(CC(=O)O)C(=O)NC(CC(=O)O)C(=O)O. The Morgan fingerprint density at radius 1 is 0.721 bits per heavy atom. The highest BCUT2D eigenvalue weighted by atomic mass is 16.4. The number of aliphatic carboxylic acids is 3. The Labute approximate surface area is 244 Å². The molecular weight excluding hydrogens is 566 g/mol. The second-order valence-electron chi connectivity index (χ2n) is 9.76. The summed E-state index contributed by atoms with van der Waals surface area (Å²) in [6.45, 7) is 0. The van der Waals surface area contributed by atoms with E-state index in [-0.39, 0.29) is 18.6 Å². The summed E-state index contributed by atoms with van der Waals surface area (Å²) in [6.07, 6.45) is -0.314. The third kappa shape index (κ3) is 9.29. The van der Waals surface area contributed by atoms with E-state index in [1.807, 2.05) is 29.6 Å². The van der Waals surface area contributed by atoms with Crippen LogP contribution in [0.1, 0.15) is 24.0 Å². The Morgan fingerprint density at radius 2 is 1.28 bits per heavy atom. The highest BCUT2D eigenvalue weighted by Gasteiger charge is 2.32. The van der Waals surface area contributed by atoms with Crippen LogP contribution in [0.5, 0.6) is 5.75 Å². The van der Waals surface area contributed by atoms with E-state index in [9.17, 15) is 44.1 Å². The number of fused-ring (bicyclic) bond motifs is 1. The maximum absolute atomic E-state index is 13.4. The molecule has 0 aliphatic heterocycles. The molecule has 0 fully saturated rings. The molecule has 1 aromatic heterocycles. The van der Waals surface area contributed by atoms with Crippen LogP contribution >= 0.6 is 0 Å². The molecule has 2 aromatic carbocycles. The summed E-state index contributed by atoms with van der Waals surface area (Å²) in [4.78, 5) is 76.1. The summed E-state index contributed by atoms with van der Waals surface area (Å²) in [5.74, 6) is -7.77. The van der Waals surface area contributed by atoms with Crippen LogP contribution in [0.15, 0.2) is 54.7 Å². The lowest BCUT2D eigenvalue weighted by Gasteiger charge is -2.24. The minimum Gasteiger partial charge on any atom is -0.508 e. The van der Waals surface area contributed by atoms with Crippen LogP contribution in [0.2, 0.25) is 0 Å². The van der Waals surface area contributed by atoms with Crippen LogP contribution in [-0.2, 0) is 41.6 Å². The van der Waals surface area contributed by atoms with Gasteiger partial charge >= 0.3 is 17.9 Å². The zero-order valence-corrected chi connectivity index (χ0v) is 22.6. The van der Waals surface area contributed by atoms with Crippen molar-refractivity contribution in [1.29, 1.82) is 0 Å². The van der Waals surface area contributed by atoms with Crippen molar-refractivity contribution in [3.05, 3.63) is 65.9 Å². The lowest BCUT2D eigenvalue weighted by atomic mass is 10.0. The summed E-state index contributed by atoms with van der Waals surface area (Å²) >= 11 is 0. The topological polar surface area (TPSA) is 261 Å². The number of aromatic nitrogens is 1. The van der Waals surface area contributed by atoms with E-state index in [1.165, 1.54) is 24.3 Å². The molecule has 3 amide bonds. The molecule has 15 nitrogen and oxygen atoms in total. The normalized spacial score (nSPS) is 13.7. The molecule has 0 radical (unpaired) electrons. The maximum Gasteiger partial charge on any atom is 0.326 e.